The second kappa shape index (κ2) is 5.44. The molecule has 0 amide bonds. The van der Waals surface area contributed by atoms with Gasteiger partial charge in [-0.1, -0.05) is 0 Å². The SMILES string of the molecule is O=C(O)c1ccc(NCc2cncs2)c([N+](=O)[O-])c1. The van der Waals surface area contributed by atoms with Crippen molar-refractivity contribution in [2.24, 2.45) is 0 Å². The van der Waals surface area contributed by atoms with Crippen molar-refractivity contribution in [2.45, 2.75) is 6.54 Å². The van der Waals surface area contributed by atoms with Crippen LogP contribution in [0.3, 0.4) is 0 Å². The van der Waals surface area contributed by atoms with Crippen LogP contribution in [0.15, 0.2) is 29.9 Å². The Kier molecular flexibility index (Phi) is 3.71. The number of nitro groups is 1. The van der Waals surface area contributed by atoms with Gasteiger partial charge in [-0.25, -0.2) is 4.79 Å². The normalized spacial score (nSPS) is 10.1. The zero-order valence-electron chi connectivity index (χ0n) is 9.57. The van der Waals surface area contributed by atoms with E-state index in [1.54, 1.807) is 11.7 Å². The summed E-state index contributed by atoms with van der Waals surface area (Å²) >= 11 is 1.43. The Labute approximate surface area is 111 Å². The third-order valence-electron chi connectivity index (χ3n) is 2.38. The fraction of sp³-hybridized carbons (Fsp3) is 0.0909. The number of carboxylic acid groups (broad SMARTS) is 1. The van der Waals surface area contributed by atoms with Crippen LogP contribution >= 0.6 is 11.3 Å². The van der Waals surface area contributed by atoms with E-state index in [0.29, 0.717) is 6.54 Å². The fourth-order valence-corrected chi connectivity index (χ4v) is 2.01. The molecule has 0 aliphatic rings. The van der Waals surface area contributed by atoms with Crippen LogP contribution in [0.2, 0.25) is 0 Å². The first-order valence-corrected chi connectivity index (χ1v) is 6.09. The minimum absolute atomic E-state index is 0.116. The van der Waals surface area contributed by atoms with Crippen LogP contribution in [0.4, 0.5) is 11.4 Å². The molecule has 0 bridgehead atoms. The van der Waals surface area contributed by atoms with Crippen molar-refractivity contribution < 1.29 is 14.8 Å². The number of aromatic nitrogens is 1. The molecule has 98 valence electrons. The highest BCUT2D eigenvalue weighted by Crippen LogP contribution is 2.26. The Balaban J connectivity index is 2.24. The Bertz CT molecular complexity index is 612. The third kappa shape index (κ3) is 3.05. The summed E-state index contributed by atoms with van der Waals surface area (Å²) in [7, 11) is 0. The highest BCUT2D eigenvalue weighted by Gasteiger charge is 2.17. The highest BCUT2D eigenvalue weighted by atomic mass is 32.1. The number of anilines is 1. The second-order valence-electron chi connectivity index (χ2n) is 3.62. The molecule has 1 aromatic heterocycles. The number of nitrogens with zero attached hydrogens (tertiary/aromatic N) is 2. The van der Waals surface area contributed by atoms with Crippen LogP contribution in [-0.4, -0.2) is 21.0 Å². The van der Waals surface area contributed by atoms with Gasteiger partial charge >= 0.3 is 5.97 Å². The predicted octanol–water partition coefficient (Wildman–Crippen LogP) is 2.36. The summed E-state index contributed by atoms with van der Waals surface area (Å²) in [6, 6.07) is 3.75. The van der Waals surface area contributed by atoms with E-state index in [-0.39, 0.29) is 16.9 Å². The molecule has 0 fully saturated rings. The molecular weight excluding hydrogens is 270 g/mol. The number of nitrogens with one attached hydrogen (secondary N) is 1. The van der Waals surface area contributed by atoms with Gasteiger partial charge in [0.05, 0.1) is 22.5 Å². The molecule has 1 aromatic carbocycles. The van der Waals surface area contributed by atoms with Gasteiger partial charge in [0, 0.05) is 17.1 Å². The molecule has 0 saturated carbocycles. The molecule has 0 aliphatic heterocycles. The Morgan fingerprint density at radius 1 is 1.53 bits per heavy atom. The van der Waals surface area contributed by atoms with Crippen LogP contribution < -0.4 is 5.32 Å². The highest BCUT2D eigenvalue weighted by molar-refractivity contribution is 7.09. The number of benzene rings is 1. The van der Waals surface area contributed by atoms with Crippen molar-refractivity contribution in [3.8, 4) is 0 Å². The second-order valence-corrected chi connectivity index (χ2v) is 4.59. The number of hydrogen-bond acceptors (Lipinski definition) is 6. The maximum absolute atomic E-state index is 10.9. The van der Waals surface area contributed by atoms with E-state index in [1.807, 2.05) is 0 Å². The summed E-state index contributed by atoms with van der Waals surface area (Å²) in [6.45, 7) is 0.401. The topological polar surface area (TPSA) is 105 Å². The lowest BCUT2D eigenvalue weighted by Crippen LogP contribution is -2.04. The summed E-state index contributed by atoms with van der Waals surface area (Å²) in [6.07, 6.45) is 1.66. The summed E-state index contributed by atoms with van der Waals surface area (Å²) < 4.78 is 0. The first-order valence-electron chi connectivity index (χ1n) is 5.21. The first kappa shape index (κ1) is 13.0. The number of carboxylic acids is 1. The fourth-order valence-electron chi connectivity index (χ4n) is 1.48. The number of carbonyl (C=O) groups is 1. The van der Waals surface area contributed by atoms with Crippen LogP contribution in [0.1, 0.15) is 15.2 Å². The Morgan fingerprint density at radius 3 is 2.89 bits per heavy atom. The van der Waals surface area contributed by atoms with Crippen molar-refractivity contribution in [1.29, 1.82) is 0 Å². The predicted molar refractivity (Wildman–Crippen MR) is 69.5 cm³/mol. The number of thiazole rings is 1. The molecule has 1 heterocycles. The number of nitro benzene ring substituents is 1. The molecule has 2 N–H and O–H groups in total. The molecule has 19 heavy (non-hydrogen) atoms. The standard InChI is InChI=1S/C11H9N3O4S/c15-11(16)7-1-2-9(10(3-7)14(17)18)13-5-8-4-12-6-19-8/h1-4,6,13H,5H2,(H,15,16). The lowest BCUT2D eigenvalue weighted by atomic mass is 10.1. The minimum Gasteiger partial charge on any atom is -0.478 e. The Morgan fingerprint density at radius 2 is 2.32 bits per heavy atom. The molecule has 2 rings (SSSR count). The van der Waals surface area contributed by atoms with Gasteiger partial charge in [-0.05, 0) is 12.1 Å². The largest absolute Gasteiger partial charge is 0.478 e. The zero-order chi connectivity index (χ0) is 13.8. The molecule has 0 unspecified atom stereocenters. The summed E-state index contributed by atoms with van der Waals surface area (Å²) in [4.78, 5) is 25.9. The first-order chi connectivity index (χ1) is 9.08. The Hall–Kier alpha value is -2.48. The third-order valence-corrected chi connectivity index (χ3v) is 3.16. The maximum atomic E-state index is 10.9. The van der Waals surface area contributed by atoms with Crippen molar-refractivity contribution in [2.75, 3.05) is 5.32 Å². The van der Waals surface area contributed by atoms with Crippen LogP contribution in [-0.2, 0) is 6.54 Å². The lowest BCUT2D eigenvalue weighted by Gasteiger charge is -2.06. The van der Waals surface area contributed by atoms with E-state index < -0.39 is 10.9 Å². The molecule has 2 aromatic rings. The minimum atomic E-state index is -1.20. The molecule has 0 saturated heterocycles. The molecule has 0 aliphatic carbocycles. The lowest BCUT2D eigenvalue weighted by molar-refractivity contribution is -0.384. The van der Waals surface area contributed by atoms with Gasteiger partial charge in [0.15, 0.2) is 0 Å². The molecule has 7 nitrogen and oxygen atoms in total. The quantitative estimate of drug-likeness (QED) is 0.643. The van der Waals surface area contributed by atoms with Gasteiger partial charge in [0.1, 0.15) is 5.69 Å². The van der Waals surface area contributed by atoms with Crippen molar-refractivity contribution in [3.63, 3.8) is 0 Å². The molecule has 0 spiro atoms. The van der Waals surface area contributed by atoms with E-state index in [4.69, 9.17) is 5.11 Å². The average molecular weight is 279 g/mol. The van der Waals surface area contributed by atoms with Crippen molar-refractivity contribution in [1.82, 2.24) is 4.98 Å². The number of rotatable bonds is 5. The van der Waals surface area contributed by atoms with Gasteiger partial charge in [-0.15, -0.1) is 11.3 Å². The van der Waals surface area contributed by atoms with E-state index in [2.05, 4.69) is 10.3 Å². The van der Waals surface area contributed by atoms with Gasteiger partial charge < -0.3 is 10.4 Å². The van der Waals surface area contributed by atoms with E-state index in [0.717, 1.165) is 10.9 Å². The van der Waals surface area contributed by atoms with Crippen LogP contribution in [0.5, 0.6) is 0 Å². The van der Waals surface area contributed by atoms with Gasteiger partial charge in [-0.3, -0.25) is 15.1 Å². The monoisotopic (exact) mass is 279 g/mol. The van der Waals surface area contributed by atoms with Crippen molar-refractivity contribution in [3.05, 3.63) is 50.5 Å². The van der Waals surface area contributed by atoms with E-state index in [9.17, 15) is 14.9 Å². The van der Waals surface area contributed by atoms with E-state index in [1.165, 1.54) is 23.5 Å². The molecule has 0 atom stereocenters. The smallest absolute Gasteiger partial charge is 0.335 e. The van der Waals surface area contributed by atoms with Crippen molar-refractivity contribution >= 4 is 28.7 Å². The maximum Gasteiger partial charge on any atom is 0.335 e. The van der Waals surface area contributed by atoms with Gasteiger partial charge in [0.25, 0.3) is 5.69 Å². The molecule has 8 heteroatoms. The summed E-state index contributed by atoms with van der Waals surface area (Å²) in [5, 5.41) is 22.6. The van der Waals surface area contributed by atoms with Crippen LogP contribution in [0.25, 0.3) is 0 Å². The van der Waals surface area contributed by atoms with Gasteiger partial charge in [-0.2, -0.15) is 0 Å². The summed E-state index contributed by atoms with van der Waals surface area (Å²) in [5.74, 6) is -1.20. The number of aromatic carboxylic acids is 1. The molecular formula is C11H9N3O4S. The van der Waals surface area contributed by atoms with E-state index >= 15 is 0 Å². The summed E-state index contributed by atoms with van der Waals surface area (Å²) in [5.41, 5.74) is 1.57. The average Bonchev–Trinajstić information content (AvgIpc) is 2.89. The van der Waals surface area contributed by atoms with Crippen LogP contribution in [0, 0.1) is 10.1 Å². The number of hydrogen-bond donors (Lipinski definition) is 2. The van der Waals surface area contributed by atoms with Gasteiger partial charge in [0.2, 0.25) is 0 Å². The zero-order valence-corrected chi connectivity index (χ0v) is 10.4. The molecule has 0 radical (unpaired) electrons.